The fourth-order valence-electron chi connectivity index (χ4n) is 5.20. The van der Waals surface area contributed by atoms with Gasteiger partial charge in [-0.05, 0) is 61.1 Å². The third-order valence-corrected chi connectivity index (χ3v) is 6.60. The van der Waals surface area contributed by atoms with Gasteiger partial charge in [0.05, 0.1) is 0 Å². The quantitative estimate of drug-likeness (QED) is 0.773. The molecule has 4 rings (SSSR count). The van der Waals surface area contributed by atoms with Crippen molar-refractivity contribution in [3.8, 4) is 0 Å². The molecule has 2 aliphatic heterocycles. The number of benzene rings is 1. The number of nitrogens with zero attached hydrogens (tertiary/aromatic N) is 3. The number of fused-ring (bicyclic) bond motifs is 1. The number of piperidine rings is 1. The second kappa shape index (κ2) is 9.60. The molecule has 6 nitrogen and oxygen atoms in total. The molecule has 164 valence electrons. The lowest BCUT2D eigenvalue weighted by Gasteiger charge is -2.44. The summed E-state index contributed by atoms with van der Waals surface area (Å²) in [5.41, 5.74) is 3.86. The lowest BCUT2D eigenvalue weighted by molar-refractivity contribution is -0.137. The van der Waals surface area contributed by atoms with Crippen LogP contribution in [0.5, 0.6) is 0 Å². The summed E-state index contributed by atoms with van der Waals surface area (Å²) in [5, 5.41) is 8.93. The molecule has 0 saturated carbocycles. The molecular formula is C25H31N3O3. The molecule has 1 N–H and O–H groups in total. The number of aliphatic carboxylic acids is 1. The smallest absolute Gasteiger partial charge is 0.303 e. The molecule has 1 spiro atoms. The summed E-state index contributed by atoms with van der Waals surface area (Å²) in [5.74, 6) is -0.770. The molecule has 1 fully saturated rings. The number of amides is 1. The van der Waals surface area contributed by atoms with Crippen molar-refractivity contribution in [2.24, 2.45) is 5.41 Å². The van der Waals surface area contributed by atoms with E-state index >= 15 is 0 Å². The summed E-state index contributed by atoms with van der Waals surface area (Å²) in [7, 11) is 0. The topological polar surface area (TPSA) is 73.7 Å². The number of hydrogen-bond acceptors (Lipinski definition) is 4. The van der Waals surface area contributed by atoms with Crippen molar-refractivity contribution in [1.82, 2.24) is 14.8 Å². The summed E-state index contributed by atoms with van der Waals surface area (Å²) in [4.78, 5) is 32.6. The molecule has 6 heteroatoms. The van der Waals surface area contributed by atoms with E-state index in [2.05, 4.69) is 40.2 Å². The molecule has 0 radical (unpaired) electrons. The number of pyridine rings is 1. The summed E-state index contributed by atoms with van der Waals surface area (Å²) in [6.07, 6.45) is 7.62. The van der Waals surface area contributed by atoms with Crippen molar-refractivity contribution in [3.05, 3.63) is 65.5 Å². The van der Waals surface area contributed by atoms with Gasteiger partial charge in [-0.3, -0.25) is 19.5 Å². The Morgan fingerprint density at radius 3 is 2.58 bits per heavy atom. The molecular weight excluding hydrogens is 390 g/mol. The fraction of sp³-hybridized carbons (Fsp3) is 0.480. The Hall–Kier alpha value is -2.73. The number of carbonyl (C=O) groups is 2. The minimum Gasteiger partial charge on any atom is -0.481 e. The van der Waals surface area contributed by atoms with Gasteiger partial charge in [0.1, 0.15) is 0 Å². The normalized spacial score (nSPS) is 21.5. The Morgan fingerprint density at radius 2 is 1.81 bits per heavy atom. The number of carboxylic acid groups (broad SMARTS) is 1. The highest BCUT2D eigenvalue weighted by atomic mass is 16.4. The average Bonchev–Trinajstić information content (AvgIpc) is 2.90. The maximum absolute atomic E-state index is 13.1. The fourth-order valence-corrected chi connectivity index (χ4v) is 5.20. The highest BCUT2D eigenvalue weighted by molar-refractivity contribution is 5.77. The van der Waals surface area contributed by atoms with Gasteiger partial charge >= 0.3 is 5.97 Å². The third kappa shape index (κ3) is 5.50. The number of carbonyl (C=O) groups excluding carboxylic acids is 1. The molecule has 2 aliphatic rings. The first kappa shape index (κ1) is 21.5. The van der Waals surface area contributed by atoms with Crippen molar-refractivity contribution in [2.45, 2.75) is 51.6 Å². The van der Waals surface area contributed by atoms with Crippen LogP contribution in [0.25, 0.3) is 0 Å². The molecule has 1 amide bonds. The molecule has 1 saturated heterocycles. The van der Waals surface area contributed by atoms with Gasteiger partial charge in [-0.2, -0.15) is 0 Å². The van der Waals surface area contributed by atoms with E-state index in [9.17, 15) is 9.59 Å². The van der Waals surface area contributed by atoms with Crippen LogP contribution in [0.2, 0.25) is 0 Å². The zero-order chi connectivity index (χ0) is 21.7. The minimum atomic E-state index is -0.843. The summed E-state index contributed by atoms with van der Waals surface area (Å²) in [6.45, 7) is 4.29. The number of likely N-dealkylation sites (tertiary alicyclic amines) is 1. The van der Waals surface area contributed by atoms with Crippen molar-refractivity contribution < 1.29 is 14.7 Å². The van der Waals surface area contributed by atoms with E-state index in [4.69, 9.17) is 5.11 Å². The highest BCUT2D eigenvalue weighted by Crippen LogP contribution is 2.39. The molecule has 0 bridgehead atoms. The summed E-state index contributed by atoms with van der Waals surface area (Å²) < 4.78 is 0. The summed E-state index contributed by atoms with van der Waals surface area (Å²) in [6, 6.07) is 12.6. The van der Waals surface area contributed by atoms with E-state index in [0.717, 1.165) is 45.4 Å². The number of hydrogen-bond donors (Lipinski definition) is 1. The first-order valence-corrected chi connectivity index (χ1v) is 11.2. The van der Waals surface area contributed by atoms with Crippen LogP contribution in [0.3, 0.4) is 0 Å². The van der Waals surface area contributed by atoms with Crippen LogP contribution in [0.15, 0.2) is 48.8 Å². The average molecular weight is 422 g/mol. The molecule has 0 aliphatic carbocycles. The molecule has 1 atom stereocenters. The maximum Gasteiger partial charge on any atom is 0.303 e. The second-order valence-electron chi connectivity index (χ2n) is 9.11. The molecule has 3 heterocycles. The Bertz CT molecular complexity index is 917. The van der Waals surface area contributed by atoms with Gasteiger partial charge in [-0.25, -0.2) is 0 Å². The predicted octanol–water partition coefficient (Wildman–Crippen LogP) is 3.50. The van der Waals surface area contributed by atoms with Crippen molar-refractivity contribution in [3.63, 3.8) is 0 Å². The van der Waals surface area contributed by atoms with Gasteiger partial charge in [0.15, 0.2) is 0 Å². The third-order valence-electron chi connectivity index (χ3n) is 6.60. The molecule has 1 unspecified atom stereocenters. The lowest BCUT2D eigenvalue weighted by atomic mass is 9.74. The van der Waals surface area contributed by atoms with Crippen molar-refractivity contribution in [2.75, 3.05) is 19.6 Å². The summed E-state index contributed by atoms with van der Waals surface area (Å²) >= 11 is 0. The van der Waals surface area contributed by atoms with E-state index in [1.165, 1.54) is 16.7 Å². The maximum atomic E-state index is 13.1. The molecule has 1 aromatic carbocycles. The largest absolute Gasteiger partial charge is 0.481 e. The standard InChI is InChI=1S/C25H31N3O3/c29-23(7-3-8-24(30)31)28-17-22-6-2-1-5-21(22)15-25(19-28)11-4-14-27(18-25)16-20-9-12-26-13-10-20/h1-2,5-6,9-10,12-13H,3-4,7-8,11,14-19H2,(H,30,31). The Kier molecular flexibility index (Phi) is 6.66. The zero-order valence-electron chi connectivity index (χ0n) is 18.0. The molecule has 2 aromatic rings. The first-order valence-electron chi connectivity index (χ1n) is 11.2. The van der Waals surface area contributed by atoms with Crippen LogP contribution < -0.4 is 0 Å². The van der Waals surface area contributed by atoms with E-state index < -0.39 is 5.97 Å². The van der Waals surface area contributed by atoms with Crippen molar-refractivity contribution in [1.29, 1.82) is 0 Å². The highest BCUT2D eigenvalue weighted by Gasteiger charge is 2.40. The SMILES string of the molecule is O=C(O)CCCC(=O)N1Cc2ccccc2CC2(CCCN(Cc3ccncc3)C2)C1. The lowest BCUT2D eigenvalue weighted by Crippen LogP contribution is -2.50. The van der Waals surface area contributed by atoms with E-state index in [-0.39, 0.29) is 17.7 Å². The van der Waals surface area contributed by atoms with Crippen molar-refractivity contribution >= 4 is 11.9 Å². The van der Waals surface area contributed by atoms with E-state index in [1.807, 2.05) is 23.4 Å². The number of aromatic nitrogens is 1. The van der Waals surface area contributed by atoms with E-state index in [1.54, 1.807) is 0 Å². The Balaban J connectivity index is 1.53. The zero-order valence-corrected chi connectivity index (χ0v) is 18.0. The van der Waals surface area contributed by atoms with Gasteiger partial charge in [0.25, 0.3) is 0 Å². The van der Waals surface area contributed by atoms with E-state index in [0.29, 0.717) is 19.4 Å². The van der Waals surface area contributed by atoms with Gasteiger partial charge in [0, 0.05) is 56.8 Å². The second-order valence-corrected chi connectivity index (χ2v) is 9.11. The molecule has 1 aromatic heterocycles. The Labute approximate surface area is 183 Å². The van der Waals surface area contributed by atoms with Crippen LogP contribution in [-0.2, 0) is 29.1 Å². The number of carboxylic acids is 1. The van der Waals surface area contributed by atoms with Crippen LogP contribution in [-0.4, -0.2) is 51.4 Å². The van der Waals surface area contributed by atoms with Crippen LogP contribution in [0.4, 0.5) is 0 Å². The monoisotopic (exact) mass is 421 g/mol. The van der Waals surface area contributed by atoms with Crippen LogP contribution in [0, 0.1) is 5.41 Å². The van der Waals surface area contributed by atoms with Gasteiger partial charge in [-0.1, -0.05) is 24.3 Å². The van der Waals surface area contributed by atoms with Gasteiger partial charge < -0.3 is 10.0 Å². The van der Waals surface area contributed by atoms with Gasteiger partial charge in [0.2, 0.25) is 5.91 Å². The Morgan fingerprint density at radius 1 is 1.03 bits per heavy atom. The van der Waals surface area contributed by atoms with Gasteiger partial charge in [-0.15, -0.1) is 0 Å². The van der Waals surface area contributed by atoms with Crippen LogP contribution in [0.1, 0.15) is 48.8 Å². The number of rotatable bonds is 6. The predicted molar refractivity (Wildman–Crippen MR) is 118 cm³/mol. The molecule has 31 heavy (non-hydrogen) atoms. The minimum absolute atomic E-state index is 0.0281. The van der Waals surface area contributed by atoms with Crippen LogP contribution >= 0.6 is 0 Å². The first-order chi connectivity index (χ1) is 15.0.